The summed E-state index contributed by atoms with van der Waals surface area (Å²) in [6.07, 6.45) is 4.86. The molecule has 0 radical (unpaired) electrons. The molecule has 1 heterocycles. The molecule has 1 atom stereocenters. The standard InChI is InChI=1S/C26H42N2O3/c1-19(2)10-11-25(29)28-14-12-22(13-15-28)24(27(5)26(30)16-20(3)4)18-21-8-7-9-23(17-21)31-6/h7-9,17,19-20,22,24H,10-16,18H2,1-6H3. The Morgan fingerprint density at radius 2 is 1.81 bits per heavy atom. The van der Waals surface area contributed by atoms with Gasteiger partial charge in [0, 0.05) is 39.0 Å². The van der Waals surface area contributed by atoms with Crippen molar-refractivity contribution in [2.24, 2.45) is 17.8 Å². The van der Waals surface area contributed by atoms with Crippen LogP contribution in [0.15, 0.2) is 24.3 Å². The molecule has 5 nitrogen and oxygen atoms in total. The van der Waals surface area contributed by atoms with Crippen molar-refractivity contribution in [2.45, 2.75) is 72.3 Å². The van der Waals surface area contributed by atoms with Gasteiger partial charge in [0.1, 0.15) is 5.75 Å². The summed E-state index contributed by atoms with van der Waals surface area (Å²) < 4.78 is 5.40. The van der Waals surface area contributed by atoms with E-state index in [0.29, 0.717) is 30.6 Å². The summed E-state index contributed by atoms with van der Waals surface area (Å²) in [5, 5.41) is 0. The first-order chi connectivity index (χ1) is 14.7. The lowest BCUT2D eigenvalue weighted by Crippen LogP contribution is -2.48. The molecule has 1 fully saturated rings. The second-order valence-electron chi connectivity index (χ2n) is 9.88. The van der Waals surface area contributed by atoms with Gasteiger partial charge in [-0.3, -0.25) is 9.59 Å². The van der Waals surface area contributed by atoms with Crippen LogP contribution in [0.5, 0.6) is 5.75 Å². The number of carbonyl (C=O) groups is 2. The molecule has 1 unspecified atom stereocenters. The summed E-state index contributed by atoms with van der Waals surface area (Å²) in [7, 11) is 3.64. The Hall–Kier alpha value is -2.04. The number of methoxy groups -OCH3 is 1. The molecule has 1 aliphatic rings. The normalized spacial score (nSPS) is 15.9. The van der Waals surface area contributed by atoms with Crippen LogP contribution < -0.4 is 4.74 Å². The monoisotopic (exact) mass is 430 g/mol. The van der Waals surface area contributed by atoms with Gasteiger partial charge in [0.2, 0.25) is 11.8 Å². The molecule has 1 aliphatic heterocycles. The average molecular weight is 431 g/mol. The van der Waals surface area contributed by atoms with Crippen molar-refractivity contribution in [1.82, 2.24) is 9.80 Å². The molecular formula is C26H42N2O3. The number of hydrogen-bond donors (Lipinski definition) is 0. The highest BCUT2D eigenvalue weighted by molar-refractivity contribution is 5.77. The van der Waals surface area contributed by atoms with Crippen molar-refractivity contribution in [3.05, 3.63) is 29.8 Å². The zero-order chi connectivity index (χ0) is 23.0. The van der Waals surface area contributed by atoms with Gasteiger partial charge in [-0.05, 0) is 61.1 Å². The van der Waals surface area contributed by atoms with Gasteiger partial charge in [0.05, 0.1) is 7.11 Å². The molecule has 2 rings (SSSR count). The Morgan fingerprint density at radius 1 is 1.13 bits per heavy atom. The first-order valence-corrected chi connectivity index (χ1v) is 11.9. The van der Waals surface area contributed by atoms with Crippen LogP contribution in [0.25, 0.3) is 0 Å². The first kappa shape index (κ1) is 25.2. The molecular weight excluding hydrogens is 388 g/mol. The predicted octanol–water partition coefficient (Wildman–Crippen LogP) is 4.79. The van der Waals surface area contributed by atoms with E-state index in [0.717, 1.165) is 44.5 Å². The van der Waals surface area contributed by atoms with Crippen molar-refractivity contribution in [3.8, 4) is 5.75 Å². The fourth-order valence-corrected chi connectivity index (χ4v) is 4.44. The van der Waals surface area contributed by atoms with E-state index in [1.165, 1.54) is 5.56 Å². The maximum atomic E-state index is 12.9. The van der Waals surface area contributed by atoms with Crippen molar-refractivity contribution in [2.75, 3.05) is 27.2 Å². The van der Waals surface area contributed by atoms with Gasteiger partial charge >= 0.3 is 0 Å². The molecule has 5 heteroatoms. The number of hydrogen-bond acceptors (Lipinski definition) is 3. The number of likely N-dealkylation sites (tertiary alicyclic amines) is 1. The molecule has 0 N–H and O–H groups in total. The Kier molecular flexibility index (Phi) is 9.86. The topological polar surface area (TPSA) is 49.9 Å². The number of carbonyl (C=O) groups excluding carboxylic acids is 2. The van der Waals surface area contributed by atoms with E-state index in [9.17, 15) is 9.59 Å². The lowest BCUT2D eigenvalue weighted by atomic mass is 9.84. The van der Waals surface area contributed by atoms with Gasteiger partial charge < -0.3 is 14.5 Å². The minimum Gasteiger partial charge on any atom is -0.497 e. The van der Waals surface area contributed by atoms with E-state index in [2.05, 4.69) is 39.8 Å². The average Bonchev–Trinajstić information content (AvgIpc) is 2.75. The first-order valence-electron chi connectivity index (χ1n) is 11.9. The lowest BCUT2D eigenvalue weighted by molar-refractivity contribution is -0.137. The third-order valence-corrected chi connectivity index (χ3v) is 6.42. The summed E-state index contributed by atoms with van der Waals surface area (Å²) in [4.78, 5) is 29.5. The molecule has 1 aromatic rings. The molecule has 31 heavy (non-hydrogen) atoms. The van der Waals surface area contributed by atoms with Crippen LogP contribution in [-0.2, 0) is 16.0 Å². The summed E-state index contributed by atoms with van der Waals surface area (Å²) in [6, 6.07) is 8.27. The third kappa shape index (κ3) is 7.86. The smallest absolute Gasteiger partial charge is 0.222 e. The number of piperidine rings is 1. The highest BCUT2D eigenvalue weighted by atomic mass is 16.5. The van der Waals surface area contributed by atoms with Gasteiger partial charge in [-0.25, -0.2) is 0 Å². The van der Waals surface area contributed by atoms with Crippen LogP contribution in [0.1, 0.15) is 65.4 Å². The molecule has 1 aromatic carbocycles. The second-order valence-corrected chi connectivity index (χ2v) is 9.88. The van der Waals surface area contributed by atoms with Crippen LogP contribution in [0.2, 0.25) is 0 Å². The van der Waals surface area contributed by atoms with E-state index >= 15 is 0 Å². The van der Waals surface area contributed by atoms with Crippen molar-refractivity contribution in [1.29, 1.82) is 0 Å². The van der Waals surface area contributed by atoms with E-state index in [4.69, 9.17) is 4.74 Å². The highest BCUT2D eigenvalue weighted by Gasteiger charge is 2.32. The molecule has 0 bridgehead atoms. The van der Waals surface area contributed by atoms with Gasteiger partial charge in [-0.15, -0.1) is 0 Å². The number of rotatable bonds is 10. The van der Waals surface area contributed by atoms with Crippen LogP contribution in [-0.4, -0.2) is 54.9 Å². The van der Waals surface area contributed by atoms with Gasteiger partial charge in [0.25, 0.3) is 0 Å². The van der Waals surface area contributed by atoms with E-state index in [-0.39, 0.29) is 17.9 Å². The molecule has 1 saturated heterocycles. The number of benzene rings is 1. The second kappa shape index (κ2) is 12.1. The van der Waals surface area contributed by atoms with E-state index < -0.39 is 0 Å². The zero-order valence-corrected chi connectivity index (χ0v) is 20.4. The summed E-state index contributed by atoms with van der Waals surface area (Å²) in [6.45, 7) is 10.1. The lowest BCUT2D eigenvalue weighted by Gasteiger charge is -2.40. The molecule has 174 valence electrons. The van der Waals surface area contributed by atoms with Crippen molar-refractivity contribution < 1.29 is 14.3 Å². The molecule has 0 saturated carbocycles. The number of likely N-dealkylation sites (N-methyl/N-ethyl adjacent to an activating group) is 1. The van der Waals surface area contributed by atoms with Gasteiger partial charge in [-0.1, -0.05) is 39.8 Å². The predicted molar refractivity (Wildman–Crippen MR) is 126 cm³/mol. The number of nitrogens with zero attached hydrogens (tertiary/aromatic N) is 2. The Labute approximate surface area is 189 Å². The molecule has 0 aromatic heterocycles. The maximum Gasteiger partial charge on any atom is 0.222 e. The maximum absolute atomic E-state index is 12.9. The highest BCUT2D eigenvalue weighted by Crippen LogP contribution is 2.28. The molecule has 0 spiro atoms. The van der Waals surface area contributed by atoms with Crippen molar-refractivity contribution in [3.63, 3.8) is 0 Å². The molecule has 2 amide bonds. The summed E-state index contributed by atoms with van der Waals surface area (Å²) >= 11 is 0. The summed E-state index contributed by atoms with van der Waals surface area (Å²) in [5.41, 5.74) is 1.18. The minimum absolute atomic E-state index is 0.131. The number of ether oxygens (including phenoxy) is 1. The Morgan fingerprint density at radius 3 is 2.39 bits per heavy atom. The Bertz CT molecular complexity index is 708. The van der Waals surface area contributed by atoms with Crippen LogP contribution in [0.4, 0.5) is 0 Å². The van der Waals surface area contributed by atoms with Crippen LogP contribution in [0, 0.1) is 17.8 Å². The molecule has 0 aliphatic carbocycles. The van der Waals surface area contributed by atoms with Crippen LogP contribution >= 0.6 is 0 Å². The quantitative estimate of drug-likeness (QED) is 0.536. The third-order valence-electron chi connectivity index (χ3n) is 6.42. The summed E-state index contributed by atoms with van der Waals surface area (Å²) in [5.74, 6) is 2.61. The van der Waals surface area contributed by atoms with Gasteiger partial charge in [-0.2, -0.15) is 0 Å². The fourth-order valence-electron chi connectivity index (χ4n) is 4.44. The van der Waals surface area contributed by atoms with Gasteiger partial charge in [0.15, 0.2) is 0 Å². The number of amides is 2. The van der Waals surface area contributed by atoms with Crippen molar-refractivity contribution >= 4 is 11.8 Å². The fraction of sp³-hybridized carbons (Fsp3) is 0.692. The van der Waals surface area contributed by atoms with Crippen LogP contribution in [0.3, 0.4) is 0 Å². The largest absolute Gasteiger partial charge is 0.497 e. The van der Waals surface area contributed by atoms with E-state index in [1.807, 2.05) is 29.0 Å². The SMILES string of the molecule is COc1cccc(CC(C2CCN(C(=O)CCC(C)C)CC2)N(C)C(=O)CC(C)C)c1. The zero-order valence-electron chi connectivity index (χ0n) is 20.4. The minimum atomic E-state index is 0.131. The van der Waals surface area contributed by atoms with E-state index in [1.54, 1.807) is 7.11 Å². The Balaban J connectivity index is 2.09.